The molecule has 94 valence electrons. The van der Waals surface area contributed by atoms with Gasteiger partial charge in [-0.05, 0) is 46.5 Å². The van der Waals surface area contributed by atoms with Gasteiger partial charge in [-0.1, -0.05) is 54.1 Å². The van der Waals surface area contributed by atoms with E-state index in [0.29, 0.717) is 5.02 Å². The fraction of sp³-hybridized carbons (Fsp3) is 0.0588. The summed E-state index contributed by atoms with van der Waals surface area (Å²) in [7, 11) is 0. The predicted octanol–water partition coefficient (Wildman–Crippen LogP) is 5.17. The van der Waals surface area contributed by atoms with Gasteiger partial charge in [0.15, 0.2) is 0 Å². The molecule has 3 aromatic carbocycles. The first-order chi connectivity index (χ1) is 9.16. The highest BCUT2D eigenvalue weighted by Gasteiger charge is 2.07. The van der Waals surface area contributed by atoms with Crippen molar-refractivity contribution in [3.05, 3.63) is 65.2 Å². The first-order valence-electron chi connectivity index (χ1n) is 6.14. The molecular weight excluding hydrogens is 256 g/mol. The Bertz CT molecular complexity index is 762. The van der Waals surface area contributed by atoms with Gasteiger partial charge in [0.2, 0.25) is 0 Å². The first kappa shape index (κ1) is 12.1. The molecule has 3 aromatic rings. The summed E-state index contributed by atoms with van der Waals surface area (Å²) in [5.41, 5.74) is 3.32. The van der Waals surface area contributed by atoms with Crippen molar-refractivity contribution in [2.24, 2.45) is 0 Å². The van der Waals surface area contributed by atoms with Crippen LogP contribution in [0, 0.1) is 6.92 Å². The molecule has 0 spiro atoms. The summed E-state index contributed by atoms with van der Waals surface area (Å²) in [6.45, 7) is 2.10. The molecule has 0 unspecified atom stereocenters. The number of halogens is 1. The second-order valence-corrected chi connectivity index (χ2v) is 5.05. The molecule has 19 heavy (non-hydrogen) atoms. The molecule has 0 atom stereocenters. The van der Waals surface area contributed by atoms with Gasteiger partial charge in [-0.25, -0.2) is 0 Å². The summed E-state index contributed by atoms with van der Waals surface area (Å²) in [6, 6.07) is 17.8. The Hall–Kier alpha value is -1.99. The van der Waals surface area contributed by atoms with Crippen LogP contribution in [-0.2, 0) is 0 Å². The van der Waals surface area contributed by atoms with E-state index in [1.54, 1.807) is 12.1 Å². The number of hydrogen-bond donors (Lipinski definition) is 1. The van der Waals surface area contributed by atoms with Crippen LogP contribution < -0.4 is 0 Å². The molecule has 0 fully saturated rings. The highest BCUT2D eigenvalue weighted by molar-refractivity contribution is 6.32. The lowest BCUT2D eigenvalue weighted by molar-refractivity contribution is 0.476. The Kier molecular flexibility index (Phi) is 2.92. The van der Waals surface area contributed by atoms with Crippen LogP contribution in [0.2, 0.25) is 5.02 Å². The first-order valence-corrected chi connectivity index (χ1v) is 6.52. The summed E-state index contributed by atoms with van der Waals surface area (Å²) in [5.74, 6) is 0.115. The number of aromatic hydroxyl groups is 1. The van der Waals surface area contributed by atoms with Crippen LogP contribution in [0.25, 0.3) is 21.9 Å². The minimum atomic E-state index is 0.115. The third kappa shape index (κ3) is 2.06. The molecule has 0 radical (unpaired) electrons. The SMILES string of the molecule is Cc1ccc(-c2ccc(Cl)c(O)c2)c2ccccc12. The number of aryl methyl sites for hydroxylation is 1. The number of phenolic OH excluding ortho intramolecular Hbond substituents is 1. The number of benzene rings is 3. The minimum absolute atomic E-state index is 0.115. The van der Waals surface area contributed by atoms with Crippen molar-refractivity contribution < 1.29 is 5.11 Å². The Morgan fingerprint density at radius 1 is 0.895 bits per heavy atom. The Morgan fingerprint density at radius 2 is 1.63 bits per heavy atom. The van der Waals surface area contributed by atoms with E-state index in [1.807, 2.05) is 18.2 Å². The van der Waals surface area contributed by atoms with Crippen LogP contribution in [-0.4, -0.2) is 5.11 Å². The zero-order chi connectivity index (χ0) is 13.4. The van der Waals surface area contributed by atoms with Gasteiger partial charge in [0.1, 0.15) is 5.75 Å². The Morgan fingerprint density at radius 3 is 2.37 bits per heavy atom. The molecule has 0 aliphatic heterocycles. The zero-order valence-corrected chi connectivity index (χ0v) is 11.3. The smallest absolute Gasteiger partial charge is 0.134 e. The third-order valence-electron chi connectivity index (χ3n) is 3.40. The lowest BCUT2D eigenvalue weighted by Crippen LogP contribution is -1.84. The van der Waals surface area contributed by atoms with Gasteiger partial charge in [-0.2, -0.15) is 0 Å². The van der Waals surface area contributed by atoms with Gasteiger partial charge >= 0.3 is 0 Å². The van der Waals surface area contributed by atoms with Crippen molar-refractivity contribution in [3.63, 3.8) is 0 Å². The summed E-state index contributed by atoms with van der Waals surface area (Å²) < 4.78 is 0. The van der Waals surface area contributed by atoms with E-state index in [4.69, 9.17) is 11.6 Å². The summed E-state index contributed by atoms with van der Waals surface area (Å²) in [6.07, 6.45) is 0. The molecule has 0 aromatic heterocycles. The molecule has 1 nitrogen and oxygen atoms in total. The van der Waals surface area contributed by atoms with Crippen LogP contribution in [0.3, 0.4) is 0 Å². The minimum Gasteiger partial charge on any atom is -0.506 e. The zero-order valence-electron chi connectivity index (χ0n) is 10.5. The van der Waals surface area contributed by atoms with Gasteiger partial charge in [0.05, 0.1) is 5.02 Å². The van der Waals surface area contributed by atoms with E-state index in [1.165, 1.54) is 16.3 Å². The molecule has 0 saturated carbocycles. The van der Waals surface area contributed by atoms with Gasteiger partial charge in [0.25, 0.3) is 0 Å². The maximum absolute atomic E-state index is 9.76. The van der Waals surface area contributed by atoms with E-state index >= 15 is 0 Å². The number of phenols is 1. The second kappa shape index (κ2) is 4.60. The van der Waals surface area contributed by atoms with Gasteiger partial charge < -0.3 is 5.11 Å². The van der Waals surface area contributed by atoms with Crippen LogP contribution >= 0.6 is 11.6 Å². The van der Waals surface area contributed by atoms with Crippen LogP contribution in [0.4, 0.5) is 0 Å². The third-order valence-corrected chi connectivity index (χ3v) is 3.72. The van der Waals surface area contributed by atoms with Crippen molar-refractivity contribution in [1.29, 1.82) is 0 Å². The molecule has 2 heteroatoms. The molecule has 0 aliphatic rings. The standard InChI is InChI=1S/C17H13ClO/c1-11-6-8-14(15-5-3-2-4-13(11)15)12-7-9-16(18)17(19)10-12/h2-10,19H,1H3. The maximum atomic E-state index is 9.76. The molecule has 0 amide bonds. The summed E-state index contributed by atoms with van der Waals surface area (Å²) in [5, 5.41) is 12.5. The highest BCUT2D eigenvalue weighted by atomic mass is 35.5. The molecule has 0 heterocycles. The predicted molar refractivity (Wildman–Crippen MR) is 80.8 cm³/mol. The number of rotatable bonds is 1. The molecule has 0 bridgehead atoms. The van der Waals surface area contributed by atoms with Gasteiger partial charge in [-0.15, -0.1) is 0 Å². The topological polar surface area (TPSA) is 20.2 Å². The number of fused-ring (bicyclic) bond motifs is 1. The van der Waals surface area contributed by atoms with E-state index in [2.05, 4.69) is 31.2 Å². The molecule has 1 N–H and O–H groups in total. The molecule has 3 rings (SSSR count). The van der Waals surface area contributed by atoms with Crippen molar-refractivity contribution in [2.75, 3.05) is 0 Å². The fourth-order valence-electron chi connectivity index (χ4n) is 2.38. The summed E-state index contributed by atoms with van der Waals surface area (Å²) >= 11 is 5.86. The average Bonchev–Trinajstić information content (AvgIpc) is 2.43. The van der Waals surface area contributed by atoms with Crippen molar-refractivity contribution in [2.45, 2.75) is 6.92 Å². The van der Waals surface area contributed by atoms with Gasteiger partial charge in [-0.3, -0.25) is 0 Å². The number of hydrogen-bond acceptors (Lipinski definition) is 1. The Balaban J connectivity index is 2.31. The second-order valence-electron chi connectivity index (χ2n) is 4.64. The largest absolute Gasteiger partial charge is 0.506 e. The van der Waals surface area contributed by atoms with Crippen molar-refractivity contribution in [1.82, 2.24) is 0 Å². The van der Waals surface area contributed by atoms with E-state index < -0.39 is 0 Å². The van der Waals surface area contributed by atoms with Crippen molar-refractivity contribution >= 4 is 22.4 Å². The molecular formula is C17H13ClO. The molecule has 0 aliphatic carbocycles. The average molecular weight is 269 g/mol. The van der Waals surface area contributed by atoms with Crippen LogP contribution in [0.1, 0.15) is 5.56 Å². The Labute approximate surface area is 117 Å². The lowest BCUT2D eigenvalue weighted by atomic mass is 9.95. The van der Waals surface area contributed by atoms with E-state index in [9.17, 15) is 5.11 Å². The maximum Gasteiger partial charge on any atom is 0.134 e. The normalized spacial score (nSPS) is 10.8. The quantitative estimate of drug-likeness (QED) is 0.645. The summed E-state index contributed by atoms with van der Waals surface area (Å²) in [4.78, 5) is 0. The van der Waals surface area contributed by atoms with Crippen LogP contribution in [0.15, 0.2) is 54.6 Å². The van der Waals surface area contributed by atoms with Crippen LogP contribution in [0.5, 0.6) is 5.75 Å². The van der Waals surface area contributed by atoms with Gasteiger partial charge in [0, 0.05) is 0 Å². The van der Waals surface area contributed by atoms with E-state index in [-0.39, 0.29) is 5.75 Å². The van der Waals surface area contributed by atoms with Crippen molar-refractivity contribution in [3.8, 4) is 16.9 Å². The fourth-order valence-corrected chi connectivity index (χ4v) is 2.50. The molecule has 0 saturated heterocycles. The highest BCUT2D eigenvalue weighted by Crippen LogP contribution is 2.34. The van der Waals surface area contributed by atoms with E-state index in [0.717, 1.165) is 11.1 Å². The monoisotopic (exact) mass is 268 g/mol. The lowest BCUT2D eigenvalue weighted by Gasteiger charge is -2.10.